The van der Waals surface area contributed by atoms with Crippen LogP contribution in [-0.2, 0) is 0 Å². The summed E-state index contributed by atoms with van der Waals surface area (Å²) in [6, 6.07) is 0.608. The van der Waals surface area contributed by atoms with E-state index in [1.165, 1.54) is 6.42 Å². The highest BCUT2D eigenvalue weighted by Gasteiger charge is 2.11. The minimum atomic E-state index is 0. The highest BCUT2D eigenvalue weighted by atomic mass is 127. The van der Waals surface area contributed by atoms with E-state index in [-0.39, 0.29) is 30.6 Å². The zero-order chi connectivity index (χ0) is 17.7. The molecule has 0 aromatic carbocycles. The average Bonchev–Trinajstić information content (AvgIpc) is 2.51. The fraction of sp³-hybridized carbons (Fsp3) is 0.944. The maximum Gasteiger partial charge on any atom is 0.191 e. The number of hydrogen-bond donors (Lipinski definition) is 3. The number of nitrogens with one attached hydrogen (secondary N) is 2. The molecule has 0 heterocycles. The van der Waals surface area contributed by atoms with Crippen molar-refractivity contribution < 1.29 is 5.11 Å². The van der Waals surface area contributed by atoms with Gasteiger partial charge in [0, 0.05) is 38.8 Å². The molecule has 0 rings (SSSR count). The molecule has 0 fully saturated rings. The number of aliphatic hydroxyl groups excluding tert-OH is 1. The van der Waals surface area contributed by atoms with Crippen LogP contribution >= 0.6 is 24.0 Å². The van der Waals surface area contributed by atoms with Crippen molar-refractivity contribution in [3.05, 3.63) is 0 Å². The number of halogens is 1. The molecule has 2 unspecified atom stereocenters. The van der Waals surface area contributed by atoms with Gasteiger partial charge in [0.15, 0.2) is 5.96 Å². The van der Waals surface area contributed by atoms with E-state index in [9.17, 15) is 5.11 Å². The molecule has 2 atom stereocenters. The van der Waals surface area contributed by atoms with Gasteiger partial charge in [-0.2, -0.15) is 0 Å². The summed E-state index contributed by atoms with van der Waals surface area (Å²) in [4.78, 5) is 7.08. The quantitative estimate of drug-likeness (QED) is 0.240. The molecule has 0 aromatic rings. The topological polar surface area (TPSA) is 59.9 Å². The number of likely N-dealkylation sites (N-methyl/N-ethyl adjacent to an activating group) is 1. The number of hydrogen-bond acceptors (Lipinski definition) is 3. The van der Waals surface area contributed by atoms with Crippen LogP contribution in [0.25, 0.3) is 0 Å². The molecule has 5 nitrogen and oxygen atoms in total. The van der Waals surface area contributed by atoms with E-state index in [1.54, 1.807) is 0 Å². The molecule has 0 aliphatic carbocycles. The van der Waals surface area contributed by atoms with E-state index in [4.69, 9.17) is 4.99 Å². The molecule has 0 aliphatic heterocycles. The van der Waals surface area contributed by atoms with Crippen molar-refractivity contribution in [1.29, 1.82) is 0 Å². The molecule has 24 heavy (non-hydrogen) atoms. The summed E-state index contributed by atoms with van der Waals surface area (Å²) in [6.45, 7) is 14.8. The lowest BCUT2D eigenvalue weighted by atomic mass is 9.94. The smallest absolute Gasteiger partial charge is 0.191 e. The van der Waals surface area contributed by atoms with Crippen LogP contribution in [0.2, 0.25) is 0 Å². The molecular weight excluding hydrogens is 415 g/mol. The highest BCUT2D eigenvalue weighted by molar-refractivity contribution is 14.0. The summed E-state index contributed by atoms with van der Waals surface area (Å²) in [7, 11) is 2.17. The van der Waals surface area contributed by atoms with E-state index < -0.39 is 0 Å². The standard InChI is InChI=1S/C18H40N4O.HI/c1-7-16(5)22(6)11-10-20-18(19-8-2)21-14-17(9-12-23)13-15(3)4;/h15-17,23H,7-14H2,1-6H3,(H2,19,20,21);1H. The fourth-order valence-corrected chi connectivity index (χ4v) is 2.58. The Kier molecular flexibility index (Phi) is 17.9. The normalized spacial score (nSPS) is 14.5. The van der Waals surface area contributed by atoms with Gasteiger partial charge in [0.1, 0.15) is 0 Å². The van der Waals surface area contributed by atoms with Crippen molar-refractivity contribution in [3.8, 4) is 0 Å². The Balaban J connectivity index is 0. The number of aliphatic imine (C=N–C) groups is 1. The van der Waals surface area contributed by atoms with E-state index in [0.717, 1.165) is 45.0 Å². The van der Waals surface area contributed by atoms with E-state index >= 15 is 0 Å². The maximum absolute atomic E-state index is 9.21. The largest absolute Gasteiger partial charge is 0.396 e. The summed E-state index contributed by atoms with van der Waals surface area (Å²) in [5, 5.41) is 15.9. The minimum absolute atomic E-state index is 0. The molecule has 0 aliphatic rings. The minimum Gasteiger partial charge on any atom is -0.396 e. The van der Waals surface area contributed by atoms with Crippen LogP contribution in [0.15, 0.2) is 4.99 Å². The van der Waals surface area contributed by atoms with Crippen molar-refractivity contribution in [1.82, 2.24) is 15.5 Å². The van der Waals surface area contributed by atoms with Gasteiger partial charge in [-0.3, -0.25) is 4.99 Å². The Morgan fingerprint density at radius 2 is 1.83 bits per heavy atom. The first kappa shape index (κ1) is 26.2. The number of rotatable bonds is 12. The molecule has 0 saturated heterocycles. The molecule has 3 N–H and O–H groups in total. The summed E-state index contributed by atoms with van der Waals surface area (Å²) in [5.74, 6) is 1.98. The Morgan fingerprint density at radius 3 is 2.33 bits per heavy atom. The molecular formula is C18H41IN4O. The zero-order valence-electron chi connectivity index (χ0n) is 16.6. The summed E-state index contributed by atoms with van der Waals surface area (Å²) < 4.78 is 0. The van der Waals surface area contributed by atoms with Crippen LogP contribution in [0.3, 0.4) is 0 Å². The Morgan fingerprint density at radius 1 is 1.17 bits per heavy atom. The first-order chi connectivity index (χ1) is 10.9. The van der Waals surface area contributed by atoms with Gasteiger partial charge in [0.25, 0.3) is 0 Å². The predicted octanol–water partition coefficient (Wildman–Crippen LogP) is 2.93. The molecule has 0 spiro atoms. The Hall–Kier alpha value is -0.0800. The van der Waals surface area contributed by atoms with Gasteiger partial charge in [-0.1, -0.05) is 20.8 Å². The van der Waals surface area contributed by atoms with Crippen molar-refractivity contribution in [2.24, 2.45) is 16.8 Å². The third kappa shape index (κ3) is 13.2. The van der Waals surface area contributed by atoms with E-state index in [2.05, 4.69) is 57.2 Å². The van der Waals surface area contributed by atoms with Crippen molar-refractivity contribution in [3.63, 3.8) is 0 Å². The van der Waals surface area contributed by atoms with E-state index in [1.807, 2.05) is 0 Å². The number of guanidine groups is 1. The second kappa shape index (κ2) is 16.4. The molecule has 0 saturated carbocycles. The molecule has 0 aromatic heterocycles. The van der Waals surface area contributed by atoms with Crippen LogP contribution in [0, 0.1) is 11.8 Å². The Labute approximate surface area is 167 Å². The van der Waals surface area contributed by atoms with Crippen LogP contribution in [0.4, 0.5) is 0 Å². The van der Waals surface area contributed by atoms with Gasteiger partial charge in [-0.05, 0) is 52.0 Å². The highest BCUT2D eigenvalue weighted by Crippen LogP contribution is 2.15. The molecule has 146 valence electrons. The first-order valence-electron chi connectivity index (χ1n) is 9.27. The van der Waals surface area contributed by atoms with Gasteiger partial charge in [-0.25, -0.2) is 0 Å². The monoisotopic (exact) mass is 456 g/mol. The lowest BCUT2D eigenvalue weighted by molar-refractivity contribution is 0.245. The zero-order valence-corrected chi connectivity index (χ0v) is 19.0. The third-order valence-corrected chi connectivity index (χ3v) is 4.29. The SMILES string of the molecule is CCNC(=NCC(CCO)CC(C)C)NCCN(C)C(C)CC.I. The Bertz CT molecular complexity index is 313. The van der Waals surface area contributed by atoms with Crippen molar-refractivity contribution in [2.75, 3.05) is 39.8 Å². The lowest BCUT2D eigenvalue weighted by Gasteiger charge is -2.24. The average molecular weight is 456 g/mol. The third-order valence-electron chi connectivity index (χ3n) is 4.29. The van der Waals surface area contributed by atoms with Gasteiger partial charge in [0.05, 0.1) is 0 Å². The molecule has 0 bridgehead atoms. The number of aliphatic hydroxyl groups is 1. The summed E-state index contributed by atoms with van der Waals surface area (Å²) in [5.41, 5.74) is 0. The first-order valence-corrected chi connectivity index (χ1v) is 9.27. The second-order valence-electron chi connectivity index (χ2n) is 6.89. The van der Waals surface area contributed by atoms with Crippen molar-refractivity contribution >= 4 is 29.9 Å². The molecule has 6 heteroatoms. The van der Waals surface area contributed by atoms with Crippen LogP contribution in [0.1, 0.15) is 53.9 Å². The number of nitrogens with zero attached hydrogens (tertiary/aromatic N) is 2. The van der Waals surface area contributed by atoms with Gasteiger partial charge in [-0.15, -0.1) is 24.0 Å². The molecule has 0 radical (unpaired) electrons. The maximum atomic E-state index is 9.21. The lowest BCUT2D eigenvalue weighted by Crippen LogP contribution is -2.42. The second-order valence-corrected chi connectivity index (χ2v) is 6.89. The summed E-state index contributed by atoms with van der Waals surface area (Å²) >= 11 is 0. The van der Waals surface area contributed by atoms with Crippen LogP contribution < -0.4 is 10.6 Å². The summed E-state index contributed by atoms with van der Waals surface area (Å²) in [6.07, 6.45) is 3.11. The molecule has 0 amide bonds. The van der Waals surface area contributed by atoms with Gasteiger partial charge >= 0.3 is 0 Å². The fourth-order valence-electron chi connectivity index (χ4n) is 2.58. The predicted molar refractivity (Wildman–Crippen MR) is 116 cm³/mol. The van der Waals surface area contributed by atoms with Crippen LogP contribution in [-0.4, -0.2) is 61.8 Å². The van der Waals surface area contributed by atoms with E-state index in [0.29, 0.717) is 17.9 Å². The van der Waals surface area contributed by atoms with Gasteiger partial charge in [0.2, 0.25) is 0 Å². The van der Waals surface area contributed by atoms with Gasteiger partial charge < -0.3 is 20.6 Å². The van der Waals surface area contributed by atoms with Crippen LogP contribution in [0.5, 0.6) is 0 Å². The van der Waals surface area contributed by atoms with Crippen molar-refractivity contribution in [2.45, 2.75) is 59.9 Å².